The second-order valence-electron chi connectivity index (χ2n) is 0.744. The summed E-state index contributed by atoms with van der Waals surface area (Å²) >= 11 is 4.75. The lowest BCUT2D eigenvalue weighted by Gasteiger charge is -1.71. The second kappa shape index (κ2) is 6.56. The second-order valence-corrected chi connectivity index (χ2v) is 1.17. The highest BCUT2D eigenvalue weighted by Crippen LogP contribution is 1.78. The summed E-state index contributed by atoms with van der Waals surface area (Å²) in [4.78, 5) is 12.0. The van der Waals surface area contributed by atoms with Gasteiger partial charge >= 0.3 is 0 Å². The predicted molar refractivity (Wildman–Crippen MR) is 32.1 cm³/mol. The lowest BCUT2D eigenvalue weighted by atomic mass is 10.8. The topological polar surface area (TPSA) is 65.8 Å². The summed E-state index contributed by atoms with van der Waals surface area (Å²) in [5, 5.41) is 2.23. The van der Waals surface area contributed by atoms with E-state index in [9.17, 15) is 4.79 Å². The molecule has 0 saturated carbocycles. The van der Waals surface area contributed by atoms with Crippen LogP contribution in [0.2, 0.25) is 0 Å². The average molecular weight is 156 g/mol. The largest absolute Gasteiger partial charge is 0.281 e. The summed E-state index contributed by atoms with van der Waals surface area (Å²) < 4.78 is 0. The molecule has 0 rings (SSSR count). The highest BCUT2D eigenvalue weighted by atomic mass is 35.5. The number of hydrogen-bond donors (Lipinski definition) is 0. The number of azide groups is 1. The van der Waals surface area contributed by atoms with Crippen molar-refractivity contribution in [2.75, 3.05) is 6.54 Å². The molecule has 0 aromatic rings. The Kier molecular flexibility index (Phi) is 8.63. The molecule has 0 atom stereocenters. The summed E-state index contributed by atoms with van der Waals surface area (Å²) in [6.07, 6.45) is 0. The minimum atomic E-state index is -0.641. The minimum absolute atomic E-state index is 0. The minimum Gasteiger partial charge on any atom is -0.281 e. The SMILES string of the molecule is Cl.[N-]=[N+]=NCC(=O)Cl. The molecule has 0 bridgehead atoms. The van der Waals surface area contributed by atoms with Crippen LogP contribution in [0.25, 0.3) is 10.4 Å². The van der Waals surface area contributed by atoms with E-state index in [1.165, 1.54) is 0 Å². The van der Waals surface area contributed by atoms with E-state index >= 15 is 0 Å². The third-order valence-corrected chi connectivity index (χ3v) is 0.378. The van der Waals surface area contributed by atoms with Gasteiger partial charge < -0.3 is 0 Å². The van der Waals surface area contributed by atoms with Crippen LogP contribution >= 0.6 is 24.0 Å². The molecule has 0 amide bonds. The normalized spacial score (nSPS) is 6.12. The van der Waals surface area contributed by atoms with Crippen LogP contribution in [0.15, 0.2) is 5.11 Å². The van der Waals surface area contributed by atoms with Crippen molar-refractivity contribution in [3.63, 3.8) is 0 Å². The molecule has 0 N–H and O–H groups in total. The Balaban J connectivity index is 0. The molecule has 8 heavy (non-hydrogen) atoms. The van der Waals surface area contributed by atoms with E-state index in [1.54, 1.807) is 0 Å². The molecule has 0 aliphatic carbocycles. The van der Waals surface area contributed by atoms with Crippen LogP contribution in [0.4, 0.5) is 0 Å². The number of hydrogen-bond acceptors (Lipinski definition) is 2. The van der Waals surface area contributed by atoms with Crippen molar-refractivity contribution in [2.24, 2.45) is 5.11 Å². The van der Waals surface area contributed by atoms with E-state index in [4.69, 9.17) is 17.1 Å². The van der Waals surface area contributed by atoms with Crippen LogP contribution in [0.1, 0.15) is 0 Å². The standard InChI is InChI=1S/C2H2ClN3O.ClH/c3-2(7)1-5-6-4;/h1H2;1H. The van der Waals surface area contributed by atoms with Crippen molar-refractivity contribution in [3.05, 3.63) is 10.4 Å². The number of nitrogens with zero attached hydrogens (tertiary/aromatic N) is 3. The predicted octanol–water partition coefficient (Wildman–Crippen LogP) is 1.48. The zero-order chi connectivity index (χ0) is 5.70. The Morgan fingerprint density at radius 3 is 2.50 bits per heavy atom. The van der Waals surface area contributed by atoms with E-state index in [2.05, 4.69) is 10.0 Å². The number of carbonyl (C=O) groups excluding carboxylic acids is 1. The summed E-state index contributed by atoms with van der Waals surface area (Å²) in [6, 6.07) is 0. The molecule has 0 unspecified atom stereocenters. The molecule has 0 radical (unpaired) electrons. The Morgan fingerprint density at radius 2 is 2.38 bits per heavy atom. The van der Waals surface area contributed by atoms with E-state index in [-0.39, 0.29) is 19.0 Å². The molecule has 6 heteroatoms. The van der Waals surface area contributed by atoms with Gasteiger partial charge in [-0.2, -0.15) is 0 Å². The molecule has 4 nitrogen and oxygen atoms in total. The fourth-order valence-electron chi connectivity index (χ4n) is 0.0872. The zero-order valence-electron chi connectivity index (χ0n) is 3.74. The van der Waals surface area contributed by atoms with Crippen LogP contribution in [0, 0.1) is 0 Å². The van der Waals surface area contributed by atoms with E-state index in [1.807, 2.05) is 0 Å². The molecule has 0 aromatic carbocycles. The maximum absolute atomic E-state index is 9.70. The van der Waals surface area contributed by atoms with Crippen molar-refractivity contribution < 1.29 is 4.79 Å². The van der Waals surface area contributed by atoms with Crippen molar-refractivity contribution in [1.82, 2.24) is 0 Å². The number of halogens is 2. The Morgan fingerprint density at radius 1 is 1.88 bits per heavy atom. The van der Waals surface area contributed by atoms with Gasteiger partial charge in [0.05, 0.1) is 0 Å². The van der Waals surface area contributed by atoms with Crippen molar-refractivity contribution in [1.29, 1.82) is 0 Å². The molecular weight excluding hydrogens is 153 g/mol. The molecule has 0 heterocycles. The van der Waals surface area contributed by atoms with Crippen molar-refractivity contribution in [3.8, 4) is 0 Å². The Hall–Kier alpha value is -0.440. The summed E-state index contributed by atoms with van der Waals surface area (Å²) in [7, 11) is 0. The lowest BCUT2D eigenvalue weighted by molar-refractivity contribution is -0.110. The van der Waals surface area contributed by atoms with Gasteiger partial charge in [-0.15, -0.1) is 12.4 Å². The van der Waals surface area contributed by atoms with Gasteiger partial charge in [0.25, 0.3) is 0 Å². The van der Waals surface area contributed by atoms with E-state index in [0.29, 0.717) is 0 Å². The average Bonchev–Trinajstić information content (AvgIpc) is 1.61. The number of carbonyl (C=O) groups is 1. The summed E-state index contributed by atoms with van der Waals surface area (Å²) in [5.41, 5.74) is 7.56. The molecule has 0 aliphatic heterocycles. The maximum Gasteiger partial charge on any atom is 0.227 e. The molecule has 0 aliphatic rings. The maximum atomic E-state index is 9.70. The monoisotopic (exact) mass is 155 g/mol. The van der Waals surface area contributed by atoms with Gasteiger partial charge in [0.1, 0.15) is 6.54 Å². The van der Waals surface area contributed by atoms with Gasteiger partial charge in [0.2, 0.25) is 5.24 Å². The molecule has 46 valence electrons. The quantitative estimate of drug-likeness (QED) is 0.258. The zero-order valence-corrected chi connectivity index (χ0v) is 5.32. The van der Waals surface area contributed by atoms with Crippen LogP contribution in [-0.4, -0.2) is 11.8 Å². The van der Waals surface area contributed by atoms with Gasteiger partial charge in [-0.1, -0.05) is 5.11 Å². The Bertz CT molecular complexity index is 118. The van der Waals surface area contributed by atoms with Gasteiger partial charge in [-0.25, -0.2) is 0 Å². The summed E-state index contributed by atoms with van der Waals surface area (Å²) in [6.45, 7) is -0.266. The highest BCUT2D eigenvalue weighted by molar-refractivity contribution is 6.64. The summed E-state index contributed by atoms with van der Waals surface area (Å²) in [5.74, 6) is 0. The lowest BCUT2D eigenvalue weighted by Crippen LogP contribution is -1.87. The third-order valence-electron chi connectivity index (χ3n) is 0.258. The first-order chi connectivity index (χ1) is 3.27. The van der Waals surface area contributed by atoms with Crippen LogP contribution in [0.3, 0.4) is 0 Å². The number of rotatable bonds is 2. The first-order valence-corrected chi connectivity index (χ1v) is 1.84. The van der Waals surface area contributed by atoms with Crippen LogP contribution < -0.4 is 0 Å². The van der Waals surface area contributed by atoms with Gasteiger partial charge in [-0.3, -0.25) is 4.79 Å². The van der Waals surface area contributed by atoms with E-state index < -0.39 is 5.24 Å². The molecule has 0 spiro atoms. The van der Waals surface area contributed by atoms with Gasteiger partial charge in [0.15, 0.2) is 0 Å². The van der Waals surface area contributed by atoms with Crippen molar-refractivity contribution >= 4 is 29.3 Å². The van der Waals surface area contributed by atoms with Crippen LogP contribution in [-0.2, 0) is 4.79 Å². The Labute approximate surface area is 56.9 Å². The van der Waals surface area contributed by atoms with Crippen molar-refractivity contribution in [2.45, 2.75) is 0 Å². The third kappa shape index (κ3) is 9.12. The first kappa shape index (κ1) is 10.5. The highest BCUT2D eigenvalue weighted by Gasteiger charge is 1.86. The smallest absolute Gasteiger partial charge is 0.227 e. The first-order valence-electron chi connectivity index (χ1n) is 1.46. The molecule has 0 fully saturated rings. The van der Waals surface area contributed by atoms with Crippen LogP contribution in [0.5, 0.6) is 0 Å². The van der Waals surface area contributed by atoms with Gasteiger partial charge in [0, 0.05) is 4.91 Å². The fourth-order valence-corrected chi connectivity index (χ4v) is 0.141. The van der Waals surface area contributed by atoms with E-state index in [0.717, 1.165) is 0 Å². The molecule has 0 aromatic heterocycles. The van der Waals surface area contributed by atoms with Gasteiger partial charge in [-0.05, 0) is 17.1 Å². The molecular formula is C2H3Cl2N3O. The fraction of sp³-hybridized carbons (Fsp3) is 0.500. The molecule has 0 saturated heterocycles.